The zero-order valence-electron chi connectivity index (χ0n) is 8.20. The van der Waals surface area contributed by atoms with Crippen LogP contribution >= 0.6 is 23.2 Å². The Morgan fingerprint density at radius 3 is 2.00 bits per heavy atom. The minimum absolute atomic E-state index is 0.707. The van der Waals surface area contributed by atoms with Gasteiger partial charge in [0.2, 0.25) is 0 Å². The summed E-state index contributed by atoms with van der Waals surface area (Å²) in [5.74, 6) is 0. The Morgan fingerprint density at radius 2 is 1.62 bits per heavy atom. The van der Waals surface area contributed by atoms with Gasteiger partial charge in [0.15, 0.2) is 0 Å². The summed E-state index contributed by atoms with van der Waals surface area (Å²) in [6.07, 6.45) is 0. The zero-order valence-corrected chi connectivity index (χ0v) is 9.71. The van der Waals surface area contributed by atoms with E-state index >= 15 is 0 Å². The molecular formula is C10H15Cl2N. The molecule has 0 amide bonds. The first kappa shape index (κ1) is 12.8. The van der Waals surface area contributed by atoms with E-state index in [1.807, 2.05) is 39.1 Å². The molecule has 3 heteroatoms. The molecule has 1 nitrogen and oxygen atoms in total. The lowest BCUT2D eigenvalue weighted by molar-refractivity contribution is 0.818. The second kappa shape index (κ2) is 7.19. The number of nitrogens with one attached hydrogen (secondary N) is 1. The van der Waals surface area contributed by atoms with Crippen molar-refractivity contribution in [1.29, 1.82) is 0 Å². The van der Waals surface area contributed by atoms with E-state index in [-0.39, 0.29) is 0 Å². The molecule has 0 unspecified atom stereocenters. The fraction of sp³-hybridized carbons (Fsp3) is 0.400. The van der Waals surface area contributed by atoms with Gasteiger partial charge in [0, 0.05) is 22.2 Å². The quantitative estimate of drug-likeness (QED) is 0.800. The highest BCUT2D eigenvalue weighted by Crippen LogP contribution is 2.23. The Hall–Kier alpha value is -0.240. The largest absolute Gasteiger partial charge is 0.316 e. The third-order valence-corrected chi connectivity index (χ3v) is 2.12. The predicted molar refractivity (Wildman–Crippen MR) is 60.6 cm³/mol. The van der Waals surface area contributed by atoms with Crippen LogP contribution in [0.2, 0.25) is 10.0 Å². The molecule has 0 fully saturated rings. The fourth-order valence-corrected chi connectivity index (χ4v) is 1.41. The van der Waals surface area contributed by atoms with Gasteiger partial charge in [-0.3, -0.25) is 0 Å². The smallest absolute Gasteiger partial charge is 0.0465 e. The van der Waals surface area contributed by atoms with Gasteiger partial charge in [0.05, 0.1) is 0 Å². The van der Waals surface area contributed by atoms with Gasteiger partial charge in [0.25, 0.3) is 0 Å². The Bertz CT molecular complexity index is 228. The Labute approximate surface area is 90.1 Å². The Balaban J connectivity index is 0.000000671. The fourth-order valence-electron chi connectivity index (χ4n) is 0.878. The van der Waals surface area contributed by atoms with Gasteiger partial charge in [-0.05, 0) is 19.2 Å². The predicted octanol–water partition coefficient (Wildman–Crippen LogP) is 3.74. The average Bonchev–Trinajstić information content (AvgIpc) is 2.15. The number of halogens is 2. The summed E-state index contributed by atoms with van der Waals surface area (Å²) >= 11 is 11.8. The number of rotatable bonds is 2. The summed E-state index contributed by atoms with van der Waals surface area (Å²) in [7, 11) is 1.86. The number of benzene rings is 1. The van der Waals surface area contributed by atoms with Crippen molar-refractivity contribution in [3.8, 4) is 0 Å². The van der Waals surface area contributed by atoms with Crippen molar-refractivity contribution in [3.05, 3.63) is 33.8 Å². The highest BCUT2D eigenvalue weighted by atomic mass is 35.5. The molecule has 0 aromatic heterocycles. The van der Waals surface area contributed by atoms with Crippen molar-refractivity contribution in [2.45, 2.75) is 20.4 Å². The van der Waals surface area contributed by atoms with Crippen LogP contribution in [0, 0.1) is 0 Å². The minimum atomic E-state index is 0.707. The van der Waals surface area contributed by atoms with Crippen LogP contribution in [-0.4, -0.2) is 7.05 Å². The van der Waals surface area contributed by atoms with E-state index in [1.54, 1.807) is 0 Å². The maximum absolute atomic E-state index is 5.88. The average molecular weight is 220 g/mol. The van der Waals surface area contributed by atoms with Gasteiger partial charge in [-0.15, -0.1) is 0 Å². The maximum Gasteiger partial charge on any atom is 0.0465 e. The summed E-state index contributed by atoms with van der Waals surface area (Å²) in [5, 5.41) is 4.43. The molecular weight excluding hydrogens is 205 g/mol. The van der Waals surface area contributed by atoms with Gasteiger partial charge in [-0.25, -0.2) is 0 Å². The van der Waals surface area contributed by atoms with Crippen molar-refractivity contribution in [3.63, 3.8) is 0 Å². The molecule has 0 saturated heterocycles. The second-order valence-corrected chi connectivity index (χ2v) is 3.04. The van der Waals surface area contributed by atoms with Crippen LogP contribution in [0.1, 0.15) is 19.4 Å². The third kappa shape index (κ3) is 3.99. The standard InChI is InChI=1S/C8H9Cl2N.C2H6/c1-11-5-6-7(9)3-2-4-8(6)10;1-2/h2-4,11H,5H2,1H3;1-2H3. The lowest BCUT2D eigenvalue weighted by atomic mass is 10.2. The molecule has 74 valence electrons. The van der Waals surface area contributed by atoms with Crippen LogP contribution in [0.4, 0.5) is 0 Å². The van der Waals surface area contributed by atoms with Crippen LogP contribution < -0.4 is 5.32 Å². The van der Waals surface area contributed by atoms with Crippen LogP contribution in [0.5, 0.6) is 0 Å². The Kier molecular flexibility index (Phi) is 7.06. The number of hydrogen-bond acceptors (Lipinski definition) is 1. The van der Waals surface area contributed by atoms with E-state index in [1.165, 1.54) is 0 Å². The van der Waals surface area contributed by atoms with E-state index in [2.05, 4.69) is 5.32 Å². The molecule has 0 aliphatic rings. The summed E-state index contributed by atoms with van der Waals surface area (Å²) in [6.45, 7) is 4.71. The zero-order chi connectivity index (χ0) is 10.3. The van der Waals surface area contributed by atoms with E-state index in [0.717, 1.165) is 5.56 Å². The van der Waals surface area contributed by atoms with Crippen molar-refractivity contribution >= 4 is 23.2 Å². The topological polar surface area (TPSA) is 12.0 Å². The molecule has 0 radical (unpaired) electrons. The molecule has 0 saturated carbocycles. The summed E-state index contributed by atoms with van der Waals surface area (Å²) < 4.78 is 0. The summed E-state index contributed by atoms with van der Waals surface area (Å²) in [5.41, 5.74) is 0.957. The minimum Gasteiger partial charge on any atom is -0.316 e. The molecule has 1 rings (SSSR count). The van der Waals surface area contributed by atoms with E-state index in [4.69, 9.17) is 23.2 Å². The van der Waals surface area contributed by atoms with Crippen LogP contribution in [0.15, 0.2) is 18.2 Å². The second-order valence-electron chi connectivity index (χ2n) is 2.23. The van der Waals surface area contributed by atoms with E-state index in [9.17, 15) is 0 Å². The summed E-state index contributed by atoms with van der Waals surface area (Å²) in [4.78, 5) is 0. The molecule has 0 atom stereocenters. The van der Waals surface area contributed by atoms with Crippen LogP contribution in [-0.2, 0) is 6.54 Å². The molecule has 0 heterocycles. The van der Waals surface area contributed by atoms with Crippen LogP contribution in [0.25, 0.3) is 0 Å². The molecule has 0 aliphatic carbocycles. The van der Waals surface area contributed by atoms with Crippen molar-refractivity contribution in [1.82, 2.24) is 5.32 Å². The van der Waals surface area contributed by atoms with Gasteiger partial charge in [-0.2, -0.15) is 0 Å². The van der Waals surface area contributed by atoms with E-state index in [0.29, 0.717) is 16.6 Å². The van der Waals surface area contributed by atoms with Gasteiger partial charge in [0.1, 0.15) is 0 Å². The van der Waals surface area contributed by atoms with Crippen molar-refractivity contribution in [2.75, 3.05) is 7.05 Å². The van der Waals surface area contributed by atoms with Crippen molar-refractivity contribution in [2.24, 2.45) is 0 Å². The highest BCUT2D eigenvalue weighted by Gasteiger charge is 2.02. The molecule has 1 N–H and O–H groups in total. The molecule has 13 heavy (non-hydrogen) atoms. The molecule has 1 aromatic rings. The lowest BCUT2D eigenvalue weighted by Crippen LogP contribution is -2.05. The molecule has 1 aromatic carbocycles. The SMILES string of the molecule is CC.CNCc1c(Cl)cccc1Cl. The third-order valence-electron chi connectivity index (χ3n) is 1.42. The molecule has 0 aliphatic heterocycles. The monoisotopic (exact) mass is 219 g/mol. The highest BCUT2D eigenvalue weighted by molar-refractivity contribution is 6.35. The molecule has 0 spiro atoms. The normalized spacial score (nSPS) is 9.00. The maximum atomic E-state index is 5.88. The molecule has 0 bridgehead atoms. The van der Waals surface area contributed by atoms with E-state index < -0.39 is 0 Å². The Morgan fingerprint density at radius 1 is 1.15 bits per heavy atom. The number of hydrogen-bond donors (Lipinski definition) is 1. The van der Waals surface area contributed by atoms with Gasteiger partial charge >= 0.3 is 0 Å². The lowest BCUT2D eigenvalue weighted by Gasteiger charge is -2.04. The first-order valence-electron chi connectivity index (χ1n) is 4.33. The summed E-state index contributed by atoms with van der Waals surface area (Å²) in [6, 6.07) is 5.50. The first-order chi connectivity index (χ1) is 6.25. The van der Waals surface area contributed by atoms with Crippen LogP contribution in [0.3, 0.4) is 0 Å². The first-order valence-corrected chi connectivity index (χ1v) is 5.09. The van der Waals surface area contributed by atoms with Gasteiger partial charge < -0.3 is 5.32 Å². The van der Waals surface area contributed by atoms with Gasteiger partial charge in [-0.1, -0.05) is 43.1 Å². The van der Waals surface area contributed by atoms with Crippen molar-refractivity contribution < 1.29 is 0 Å².